The van der Waals surface area contributed by atoms with E-state index in [1.165, 1.54) is 34.9 Å². The molecule has 0 radical (unpaired) electrons. The second-order valence-corrected chi connectivity index (χ2v) is 7.00. The van der Waals surface area contributed by atoms with Crippen LogP contribution in [0.2, 0.25) is 0 Å². The van der Waals surface area contributed by atoms with E-state index in [1.54, 1.807) is 12.1 Å². The molecule has 0 fully saturated rings. The lowest BCUT2D eigenvalue weighted by Crippen LogP contribution is -2.06. The number of nitro groups is 1. The lowest BCUT2D eigenvalue weighted by atomic mass is 10.0. The summed E-state index contributed by atoms with van der Waals surface area (Å²) in [4.78, 5) is 22.1. The highest BCUT2D eigenvalue weighted by atomic mass is 16.6. The smallest absolute Gasteiger partial charge is 0.338 e. The monoisotopic (exact) mass is 390 g/mol. The fraction of sp³-hybridized carbons (Fsp3) is 0.174. The van der Waals surface area contributed by atoms with Crippen LogP contribution in [0.5, 0.6) is 0 Å². The third kappa shape index (κ3) is 4.79. The zero-order chi connectivity index (χ0) is 21.0. The summed E-state index contributed by atoms with van der Waals surface area (Å²) in [7, 11) is 0. The molecule has 3 aromatic carbocycles. The van der Waals surface area contributed by atoms with Crippen molar-refractivity contribution in [1.29, 1.82) is 0 Å². The van der Waals surface area contributed by atoms with Crippen LogP contribution >= 0.6 is 0 Å². The third-order valence-electron chi connectivity index (χ3n) is 4.97. The van der Waals surface area contributed by atoms with E-state index in [1.807, 2.05) is 12.1 Å². The van der Waals surface area contributed by atoms with Crippen molar-refractivity contribution in [3.8, 4) is 0 Å². The Morgan fingerprint density at radius 1 is 0.966 bits per heavy atom. The molecule has 3 aromatic rings. The molecule has 6 heteroatoms. The molecule has 0 unspecified atom stereocenters. The minimum atomic E-state index is -1.22. The largest absolute Gasteiger partial charge is 0.478 e. The quantitative estimate of drug-likeness (QED) is 0.414. The topological polar surface area (TPSA) is 92.5 Å². The van der Waals surface area contributed by atoms with Crippen LogP contribution in [-0.4, -0.2) is 16.0 Å². The zero-order valence-electron chi connectivity index (χ0n) is 16.3. The Morgan fingerprint density at radius 3 is 2.24 bits per heavy atom. The second-order valence-electron chi connectivity index (χ2n) is 7.00. The highest BCUT2D eigenvalue weighted by Gasteiger charge is 2.21. The molecule has 0 spiro atoms. The van der Waals surface area contributed by atoms with Crippen molar-refractivity contribution in [1.82, 2.24) is 0 Å². The summed E-state index contributed by atoms with van der Waals surface area (Å²) in [6.45, 7) is 4.20. The Labute approximate surface area is 169 Å². The first kappa shape index (κ1) is 20.1. The van der Waals surface area contributed by atoms with Gasteiger partial charge in [0.1, 0.15) is 5.69 Å². The molecule has 6 nitrogen and oxygen atoms in total. The summed E-state index contributed by atoms with van der Waals surface area (Å²) in [5.74, 6) is -1.22. The van der Waals surface area contributed by atoms with Crippen LogP contribution in [0.1, 0.15) is 32.6 Å². The van der Waals surface area contributed by atoms with Gasteiger partial charge >= 0.3 is 5.97 Å². The molecule has 0 aliphatic carbocycles. The summed E-state index contributed by atoms with van der Waals surface area (Å²) in [5, 5.41) is 23.5. The Balaban J connectivity index is 1.75. The molecule has 0 aliphatic rings. The molecular weight excluding hydrogens is 368 g/mol. The van der Waals surface area contributed by atoms with Crippen LogP contribution in [0.4, 0.5) is 17.1 Å². The van der Waals surface area contributed by atoms with E-state index >= 15 is 0 Å². The predicted octanol–water partition coefficient (Wildman–Crippen LogP) is 5.44. The molecule has 2 N–H and O–H groups in total. The first-order valence-electron chi connectivity index (χ1n) is 9.28. The normalized spacial score (nSPS) is 10.6. The number of hydrogen-bond donors (Lipinski definition) is 2. The van der Waals surface area contributed by atoms with Crippen LogP contribution in [-0.2, 0) is 12.8 Å². The number of hydrogen-bond acceptors (Lipinski definition) is 4. The van der Waals surface area contributed by atoms with Crippen LogP contribution in [0.15, 0.2) is 60.7 Å². The number of benzene rings is 3. The Bertz CT molecular complexity index is 1030. The number of nitrogens with zero attached hydrogens (tertiary/aromatic N) is 1. The van der Waals surface area contributed by atoms with E-state index in [0.717, 1.165) is 18.4 Å². The summed E-state index contributed by atoms with van der Waals surface area (Å²) in [5.41, 5.74) is 5.13. The van der Waals surface area contributed by atoms with Crippen LogP contribution in [0, 0.1) is 24.0 Å². The van der Waals surface area contributed by atoms with Gasteiger partial charge in [-0.25, -0.2) is 4.79 Å². The molecule has 0 saturated heterocycles. The number of nitro benzene ring substituents is 1. The van der Waals surface area contributed by atoms with Gasteiger partial charge in [-0.2, -0.15) is 0 Å². The Kier molecular flexibility index (Phi) is 5.93. The number of rotatable bonds is 7. The number of nitrogens with one attached hydrogen (secondary N) is 1. The highest BCUT2D eigenvalue weighted by molar-refractivity contribution is 5.98. The fourth-order valence-electron chi connectivity index (χ4n) is 3.15. The van der Waals surface area contributed by atoms with Crippen LogP contribution < -0.4 is 5.32 Å². The van der Waals surface area contributed by atoms with Gasteiger partial charge in [0, 0.05) is 11.8 Å². The second kappa shape index (κ2) is 8.56. The standard InChI is InChI=1S/C23H22N2O4/c1-15-6-7-18(14-16(15)2)9-8-17-10-12-19(13-11-17)24-22-20(23(26)27)4-3-5-21(22)25(28)29/h3-7,10-14,24H,8-9H2,1-2H3,(H,26,27). The molecule has 0 atom stereocenters. The van der Waals surface area contributed by atoms with Gasteiger partial charge in [-0.05, 0) is 67.1 Å². The fourth-order valence-corrected chi connectivity index (χ4v) is 3.15. The van der Waals surface area contributed by atoms with Gasteiger partial charge in [0.15, 0.2) is 0 Å². The number of anilines is 2. The molecule has 0 bridgehead atoms. The average Bonchev–Trinajstić information content (AvgIpc) is 2.69. The number of aryl methyl sites for hydroxylation is 4. The average molecular weight is 390 g/mol. The lowest BCUT2D eigenvalue weighted by molar-refractivity contribution is -0.383. The molecule has 0 aromatic heterocycles. The van der Waals surface area contributed by atoms with E-state index in [2.05, 4.69) is 37.4 Å². The predicted molar refractivity (Wildman–Crippen MR) is 113 cm³/mol. The van der Waals surface area contributed by atoms with Gasteiger partial charge in [-0.15, -0.1) is 0 Å². The maximum Gasteiger partial charge on any atom is 0.338 e. The SMILES string of the molecule is Cc1ccc(CCc2ccc(Nc3c(C(=O)O)cccc3[N+](=O)[O-])cc2)cc1C. The number of aromatic carboxylic acids is 1. The summed E-state index contributed by atoms with van der Waals surface area (Å²) in [6.07, 6.45) is 1.79. The van der Waals surface area contributed by atoms with Gasteiger partial charge in [0.25, 0.3) is 5.69 Å². The maximum absolute atomic E-state index is 11.4. The van der Waals surface area contributed by atoms with Crippen molar-refractivity contribution in [3.63, 3.8) is 0 Å². The first-order valence-corrected chi connectivity index (χ1v) is 9.28. The Hall–Kier alpha value is -3.67. The Morgan fingerprint density at radius 2 is 1.62 bits per heavy atom. The van der Waals surface area contributed by atoms with Crippen molar-refractivity contribution in [3.05, 3.63) is 98.6 Å². The molecular formula is C23H22N2O4. The van der Waals surface area contributed by atoms with Crippen molar-refractivity contribution in [2.45, 2.75) is 26.7 Å². The van der Waals surface area contributed by atoms with E-state index in [4.69, 9.17) is 0 Å². The van der Waals surface area contributed by atoms with E-state index < -0.39 is 10.9 Å². The third-order valence-corrected chi connectivity index (χ3v) is 4.97. The molecule has 29 heavy (non-hydrogen) atoms. The van der Waals surface area contributed by atoms with Gasteiger partial charge in [-0.1, -0.05) is 36.4 Å². The van der Waals surface area contributed by atoms with Gasteiger partial charge in [-0.3, -0.25) is 10.1 Å². The number of para-hydroxylation sites is 1. The van der Waals surface area contributed by atoms with Gasteiger partial charge < -0.3 is 10.4 Å². The molecule has 148 valence electrons. The van der Waals surface area contributed by atoms with E-state index in [-0.39, 0.29) is 16.9 Å². The van der Waals surface area contributed by atoms with E-state index in [9.17, 15) is 20.0 Å². The number of carbonyl (C=O) groups is 1. The summed E-state index contributed by atoms with van der Waals surface area (Å²) < 4.78 is 0. The van der Waals surface area contributed by atoms with Crippen LogP contribution in [0.25, 0.3) is 0 Å². The molecule has 0 saturated carbocycles. The number of carboxylic acids is 1. The van der Waals surface area contributed by atoms with Crippen LogP contribution in [0.3, 0.4) is 0 Å². The maximum atomic E-state index is 11.4. The molecule has 3 rings (SSSR count). The zero-order valence-corrected chi connectivity index (χ0v) is 16.3. The first-order chi connectivity index (χ1) is 13.8. The molecule has 0 amide bonds. The summed E-state index contributed by atoms with van der Waals surface area (Å²) >= 11 is 0. The minimum absolute atomic E-state index is 0.0205. The van der Waals surface area contributed by atoms with Gasteiger partial charge in [0.2, 0.25) is 0 Å². The van der Waals surface area contributed by atoms with Gasteiger partial charge in [0.05, 0.1) is 10.5 Å². The lowest BCUT2D eigenvalue weighted by Gasteiger charge is -2.11. The van der Waals surface area contributed by atoms with Crippen molar-refractivity contribution in [2.75, 3.05) is 5.32 Å². The molecule has 0 heterocycles. The van der Waals surface area contributed by atoms with Crippen molar-refractivity contribution in [2.24, 2.45) is 0 Å². The summed E-state index contributed by atoms with van der Waals surface area (Å²) in [6, 6.07) is 18.0. The number of carboxylic acid groups (broad SMARTS) is 1. The van der Waals surface area contributed by atoms with Crippen molar-refractivity contribution < 1.29 is 14.8 Å². The minimum Gasteiger partial charge on any atom is -0.478 e. The van der Waals surface area contributed by atoms with Crippen molar-refractivity contribution >= 4 is 23.0 Å². The van der Waals surface area contributed by atoms with E-state index in [0.29, 0.717) is 5.69 Å². The molecule has 0 aliphatic heterocycles. The highest BCUT2D eigenvalue weighted by Crippen LogP contribution is 2.31.